The normalized spacial score (nSPS) is 20.7. The summed E-state index contributed by atoms with van der Waals surface area (Å²) >= 11 is 0. The number of hydrogen-bond acceptors (Lipinski definition) is 1. The molecule has 10 heavy (non-hydrogen) atoms. The maximum Gasteiger partial charge on any atom is 0.272 e. The van der Waals surface area contributed by atoms with Crippen molar-refractivity contribution in [3.63, 3.8) is 0 Å². The molecule has 0 radical (unpaired) electrons. The van der Waals surface area contributed by atoms with E-state index in [1.165, 1.54) is 0 Å². The van der Waals surface area contributed by atoms with Gasteiger partial charge in [0.05, 0.1) is 0 Å². The molecule has 0 amide bonds. The molecular formula is C5H8F4O. The topological polar surface area (TPSA) is 20.2 Å². The largest absolute Gasteiger partial charge is 0.384 e. The number of rotatable bonds is 3. The molecule has 0 aromatic carbocycles. The van der Waals surface area contributed by atoms with Gasteiger partial charge in [0.15, 0.2) is 6.17 Å². The van der Waals surface area contributed by atoms with Crippen LogP contribution in [0.3, 0.4) is 0 Å². The van der Waals surface area contributed by atoms with Gasteiger partial charge in [0.2, 0.25) is 0 Å². The lowest BCUT2D eigenvalue weighted by atomic mass is 10.0. The van der Waals surface area contributed by atoms with E-state index in [1.807, 2.05) is 0 Å². The zero-order chi connectivity index (χ0) is 8.36. The fourth-order valence-electron chi connectivity index (χ4n) is 0.345. The quantitative estimate of drug-likeness (QED) is 0.617. The highest BCUT2D eigenvalue weighted by molar-refractivity contribution is 4.82. The van der Waals surface area contributed by atoms with Gasteiger partial charge < -0.3 is 5.11 Å². The van der Waals surface area contributed by atoms with E-state index in [2.05, 4.69) is 0 Å². The van der Waals surface area contributed by atoms with Crippen molar-refractivity contribution in [1.29, 1.82) is 0 Å². The maximum absolute atomic E-state index is 12.1. The average molecular weight is 160 g/mol. The third-order valence-electron chi connectivity index (χ3n) is 1.09. The van der Waals surface area contributed by atoms with Crippen LogP contribution in [0.4, 0.5) is 17.6 Å². The highest BCUT2D eigenvalue weighted by Gasteiger charge is 2.38. The summed E-state index contributed by atoms with van der Waals surface area (Å²) in [5.74, 6) is 0. The molecule has 0 aliphatic rings. The van der Waals surface area contributed by atoms with Gasteiger partial charge in [-0.1, -0.05) is 0 Å². The Morgan fingerprint density at radius 3 is 1.90 bits per heavy atom. The van der Waals surface area contributed by atoms with Crippen LogP contribution >= 0.6 is 0 Å². The fourth-order valence-corrected chi connectivity index (χ4v) is 0.345. The van der Waals surface area contributed by atoms with Crippen molar-refractivity contribution in [2.75, 3.05) is 6.67 Å². The Balaban J connectivity index is 4.03. The van der Waals surface area contributed by atoms with E-state index in [4.69, 9.17) is 5.11 Å². The molecule has 5 heteroatoms. The lowest BCUT2D eigenvalue weighted by Gasteiger charge is -2.22. The Morgan fingerprint density at radius 1 is 1.40 bits per heavy atom. The Hall–Kier alpha value is -0.320. The molecule has 1 N–H and O–H groups in total. The first-order chi connectivity index (χ1) is 4.41. The monoisotopic (exact) mass is 160 g/mol. The van der Waals surface area contributed by atoms with Gasteiger partial charge >= 0.3 is 0 Å². The van der Waals surface area contributed by atoms with Crippen LogP contribution in [0.15, 0.2) is 0 Å². The first-order valence-corrected chi connectivity index (χ1v) is 2.62. The van der Waals surface area contributed by atoms with E-state index in [0.717, 1.165) is 0 Å². The second-order valence-corrected chi connectivity index (χ2v) is 2.23. The van der Waals surface area contributed by atoms with Crippen molar-refractivity contribution in [3.05, 3.63) is 0 Å². The van der Waals surface area contributed by atoms with Gasteiger partial charge in [-0.05, 0) is 6.92 Å². The van der Waals surface area contributed by atoms with Crippen LogP contribution in [-0.4, -0.2) is 30.0 Å². The van der Waals surface area contributed by atoms with Gasteiger partial charge in [0.25, 0.3) is 6.43 Å². The Morgan fingerprint density at radius 2 is 1.80 bits per heavy atom. The van der Waals surface area contributed by atoms with Crippen LogP contribution in [0.5, 0.6) is 0 Å². The van der Waals surface area contributed by atoms with Crippen molar-refractivity contribution in [2.24, 2.45) is 0 Å². The molecule has 0 aliphatic heterocycles. The average Bonchev–Trinajstić information content (AvgIpc) is 1.86. The molecule has 1 nitrogen and oxygen atoms in total. The molecule has 0 heterocycles. The van der Waals surface area contributed by atoms with Crippen LogP contribution in [0, 0.1) is 0 Å². The minimum atomic E-state index is -3.34. The zero-order valence-corrected chi connectivity index (χ0v) is 5.32. The zero-order valence-electron chi connectivity index (χ0n) is 5.32. The summed E-state index contributed by atoms with van der Waals surface area (Å²) in [6.07, 6.45) is -6.16. The summed E-state index contributed by atoms with van der Waals surface area (Å²) < 4.78 is 46.4. The summed E-state index contributed by atoms with van der Waals surface area (Å²) in [7, 11) is 0. The number of aliphatic hydroxyl groups is 1. The minimum Gasteiger partial charge on any atom is -0.384 e. The van der Waals surface area contributed by atoms with Gasteiger partial charge in [-0.2, -0.15) is 0 Å². The Bertz CT molecular complexity index is 104. The van der Waals surface area contributed by atoms with Crippen LogP contribution < -0.4 is 0 Å². The number of halogens is 4. The SMILES string of the molecule is CC(O)(CF)C(F)C(F)F. The molecule has 2 atom stereocenters. The predicted octanol–water partition coefficient (Wildman–Crippen LogP) is 1.31. The molecule has 0 aliphatic carbocycles. The van der Waals surface area contributed by atoms with E-state index in [-0.39, 0.29) is 0 Å². The van der Waals surface area contributed by atoms with E-state index >= 15 is 0 Å². The van der Waals surface area contributed by atoms with Gasteiger partial charge in [0.1, 0.15) is 12.3 Å². The van der Waals surface area contributed by atoms with Crippen LogP contribution in [-0.2, 0) is 0 Å². The molecule has 62 valence electrons. The number of hydrogen-bond donors (Lipinski definition) is 1. The number of alkyl halides is 4. The lowest BCUT2D eigenvalue weighted by molar-refractivity contribution is -0.0982. The standard InChI is InChI=1S/C5H8F4O/c1-5(10,2-6)3(7)4(8)9/h3-4,10H,2H2,1H3. The van der Waals surface area contributed by atoms with E-state index in [9.17, 15) is 17.6 Å². The van der Waals surface area contributed by atoms with Crippen molar-refractivity contribution in [1.82, 2.24) is 0 Å². The predicted molar refractivity (Wildman–Crippen MR) is 27.5 cm³/mol. The van der Waals surface area contributed by atoms with E-state index in [0.29, 0.717) is 6.92 Å². The highest BCUT2D eigenvalue weighted by Crippen LogP contribution is 2.20. The van der Waals surface area contributed by atoms with Gasteiger partial charge in [-0.25, -0.2) is 17.6 Å². The Kier molecular flexibility index (Phi) is 3.08. The van der Waals surface area contributed by atoms with Crippen LogP contribution in [0.2, 0.25) is 0 Å². The molecule has 0 saturated carbocycles. The molecule has 2 unspecified atom stereocenters. The van der Waals surface area contributed by atoms with Crippen LogP contribution in [0.1, 0.15) is 6.92 Å². The summed E-state index contributed by atoms with van der Waals surface area (Å²) in [4.78, 5) is 0. The molecule has 0 rings (SSSR count). The smallest absolute Gasteiger partial charge is 0.272 e. The molecule has 0 spiro atoms. The van der Waals surface area contributed by atoms with E-state index < -0.39 is 24.9 Å². The third kappa shape index (κ3) is 2.13. The third-order valence-corrected chi connectivity index (χ3v) is 1.09. The first kappa shape index (κ1) is 9.68. The minimum absolute atomic E-state index is 0.684. The van der Waals surface area contributed by atoms with E-state index in [1.54, 1.807) is 0 Å². The van der Waals surface area contributed by atoms with Gasteiger partial charge in [-0.3, -0.25) is 0 Å². The van der Waals surface area contributed by atoms with Crippen molar-refractivity contribution < 1.29 is 22.7 Å². The summed E-state index contributed by atoms with van der Waals surface area (Å²) in [5, 5.41) is 8.53. The van der Waals surface area contributed by atoms with Crippen molar-refractivity contribution in [2.45, 2.75) is 25.1 Å². The summed E-state index contributed by atoms with van der Waals surface area (Å²) in [6, 6.07) is 0. The summed E-state index contributed by atoms with van der Waals surface area (Å²) in [6.45, 7) is -0.831. The fraction of sp³-hybridized carbons (Fsp3) is 1.00. The molecule has 0 fully saturated rings. The highest BCUT2D eigenvalue weighted by atomic mass is 19.3. The molecule has 0 aromatic heterocycles. The van der Waals surface area contributed by atoms with Gasteiger partial charge in [-0.15, -0.1) is 0 Å². The second-order valence-electron chi connectivity index (χ2n) is 2.23. The molecule has 0 saturated heterocycles. The van der Waals surface area contributed by atoms with Gasteiger partial charge in [0, 0.05) is 0 Å². The maximum atomic E-state index is 12.1. The molecule has 0 aromatic rings. The van der Waals surface area contributed by atoms with Crippen LogP contribution in [0.25, 0.3) is 0 Å². The first-order valence-electron chi connectivity index (χ1n) is 2.62. The second kappa shape index (κ2) is 3.18. The van der Waals surface area contributed by atoms with Crippen molar-refractivity contribution >= 4 is 0 Å². The lowest BCUT2D eigenvalue weighted by Crippen LogP contribution is -2.42. The molecule has 0 bridgehead atoms. The Labute approximate surface area is 55.7 Å². The molecular weight excluding hydrogens is 152 g/mol. The van der Waals surface area contributed by atoms with Crippen molar-refractivity contribution in [3.8, 4) is 0 Å². The summed E-state index contributed by atoms with van der Waals surface area (Å²) in [5.41, 5.74) is -2.56.